The smallest absolute Gasteiger partial charge is 0.275 e. The number of amides is 2. The average molecular weight is 380 g/mol. The lowest BCUT2D eigenvalue weighted by molar-refractivity contribution is 0.0530. The number of benzene rings is 2. The van der Waals surface area contributed by atoms with Gasteiger partial charge in [0.05, 0.1) is 10.9 Å². The van der Waals surface area contributed by atoms with Crippen molar-refractivity contribution in [3.05, 3.63) is 76.0 Å². The average Bonchev–Trinajstić information content (AvgIpc) is 2.74. The van der Waals surface area contributed by atoms with Crippen LogP contribution in [-0.2, 0) is 0 Å². The molecular formula is C20H17FN4O3. The first kappa shape index (κ1) is 17.8. The zero-order valence-corrected chi connectivity index (χ0v) is 14.9. The van der Waals surface area contributed by atoms with E-state index in [4.69, 9.17) is 0 Å². The predicted octanol–water partition coefficient (Wildman–Crippen LogP) is 1.66. The fourth-order valence-electron chi connectivity index (χ4n) is 3.35. The number of H-pyrrole nitrogens is 1. The van der Waals surface area contributed by atoms with Gasteiger partial charge in [0.15, 0.2) is 5.69 Å². The third-order valence-corrected chi connectivity index (χ3v) is 4.86. The molecule has 0 unspecified atom stereocenters. The number of nitrogens with one attached hydrogen (secondary N) is 1. The van der Waals surface area contributed by atoms with Crippen molar-refractivity contribution < 1.29 is 14.0 Å². The van der Waals surface area contributed by atoms with Crippen molar-refractivity contribution in [1.29, 1.82) is 0 Å². The standard InChI is InChI=1S/C20H17FN4O3/c21-16-8-4-3-7-15(16)19(27)24-9-11-25(12-10-24)20(28)17-13-5-1-2-6-14(13)18(26)23-22-17/h1-8H,9-12H2,(H,23,26). The van der Waals surface area contributed by atoms with Crippen molar-refractivity contribution in [2.45, 2.75) is 0 Å². The lowest BCUT2D eigenvalue weighted by Gasteiger charge is -2.34. The Morgan fingerprint density at radius 1 is 0.857 bits per heavy atom. The van der Waals surface area contributed by atoms with Gasteiger partial charge in [-0.2, -0.15) is 5.10 Å². The van der Waals surface area contributed by atoms with Crippen molar-refractivity contribution in [2.75, 3.05) is 26.2 Å². The first-order valence-corrected chi connectivity index (χ1v) is 8.87. The summed E-state index contributed by atoms with van der Waals surface area (Å²) < 4.78 is 13.9. The molecule has 8 heteroatoms. The van der Waals surface area contributed by atoms with Crippen molar-refractivity contribution >= 4 is 22.6 Å². The minimum atomic E-state index is -0.560. The number of aromatic nitrogens is 2. The van der Waals surface area contributed by atoms with E-state index in [2.05, 4.69) is 10.2 Å². The van der Waals surface area contributed by atoms with E-state index in [9.17, 15) is 18.8 Å². The van der Waals surface area contributed by atoms with Gasteiger partial charge in [-0.05, 0) is 18.2 Å². The third-order valence-electron chi connectivity index (χ3n) is 4.86. The van der Waals surface area contributed by atoms with Crippen LogP contribution < -0.4 is 5.56 Å². The molecule has 0 bridgehead atoms. The van der Waals surface area contributed by atoms with Crippen LogP contribution in [0.3, 0.4) is 0 Å². The number of halogens is 1. The quantitative estimate of drug-likeness (QED) is 0.733. The molecule has 2 amide bonds. The molecule has 1 aliphatic rings. The Bertz CT molecular complexity index is 1120. The Morgan fingerprint density at radius 2 is 1.43 bits per heavy atom. The van der Waals surface area contributed by atoms with Gasteiger partial charge in [-0.1, -0.05) is 30.3 Å². The Morgan fingerprint density at radius 3 is 2.11 bits per heavy atom. The highest BCUT2D eigenvalue weighted by molar-refractivity contribution is 6.04. The number of hydrogen-bond acceptors (Lipinski definition) is 4. The van der Waals surface area contributed by atoms with Crippen LogP contribution in [0.2, 0.25) is 0 Å². The summed E-state index contributed by atoms with van der Waals surface area (Å²) in [6.07, 6.45) is 0. The van der Waals surface area contributed by atoms with Crippen LogP contribution in [0.5, 0.6) is 0 Å². The van der Waals surface area contributed by atoms with Gasteiger partial charge in [0.1, 0.15) is 5.82 Å². The molecule has 7 nitrogen and oxygen atoms in total. The van der Waals surface area contributed by atoms with Gasteiger partial charge in [0.2, 0.25) is 0 Å². The lowest BCUT2D eigenvalue weighted by Crippen LogP contribution is -2.51. The van der Waals surface area contributed by atoms with Gasteiger partial charge in [0, 0.05) is 31.6 Å². The molecule has 0 radical (unpaired) electrons. The van der Waals surface area contributed by atoms with E-state index in [-0.39, 0.29) is 22.7 Å². The highest BCUT2D eigenvalue weighted by atomic mass is 19.1. The SMILES string of the molecule is O=C(c1ccccc1F)N1CCN(C(=O)c2n[nH]c(=O)c3ccccc23)CC1. The summed E-state index contributed by atoms with van der Waals surface area (Å²) in [5.41, 5.74) is -0.160. The van der Waals surface area contributed by atoms with Crippen LogP contribution in [-0.4, -0.2) is 58.0 Å². The third kappa shape index (κ3) is 3.13. The maximum atomic E-state index is 13.9. The molecule has 28 heavy (non-hydrogen) atoms. The Kier molecular flexibility index (Phi) is 4.60. The molecule has 1 N–H and O–H groups in total. The lowest BCUT2D eigenvalue weighted by atomic mass is 10.1. The second kappa shape index (κ2) is 7.22. The minimum Gasteiger partial charge on any atom is -0.335 e. The number of fused-ring (bicyclic) bond motifs is 1. The number of piperazine rings is 1. The maximum absolute atomic E-state index is 13.9. The second-order valence-corrected chi connectivity index (χ2v) is 6.51. The summed E-state index contributed by atoms with van der Waals surface area (Å²) in [5.74, 6) is -1.27. The summed E-state index contributed by atoms with van der Waals surface area (Å²) in [6, 6.07) is 12.6. The first-order chi connectivity index (χ1) is 13.6. The highest BCUT2D eigenvalue weighted by Gasteiger charge is 2.28. The summed E-state index contributed by atoms with van der Waals surface area (Å²) in [7, 11) is 0. The molecule has 1 saturated heterocycles. The largest absolute Gasteiger partial charge is 0.335 e. The monoisotopic (exact) mass is 380 g/mol. The molecule has 0 spiro atoms. The van der Waals surface area contributed by atoms with E-state index < -0.39 is 11.7 Å². The number of aromatic amines is 1. The molecule has 0 saturated carbocycles. The first-order valence-electron chi connectivity index (χ1n) is 8.87. The van der Waals surface area contributed by atoms with Gasteiger partial charge in [0.25, 0.3) is 17.4 Å². The van der Waals surface area contributed by atoms with Gasteiger partial charge in [-0.15, -0.1) is 0 Å². The second-order valence-electron chi connectivity index (χ2n) is 6.51. The van der Waals surface area contributed by atoms with Crippen LogP contribution >= 0.6 is 0 Å². The van der Waals surface area contributed by atoms with Crippen LogP contribution in [0.15, 0.2) is 53.3 Å². The molecule has 0 atom stereocenters. The van der Waals surface area contributed by atoms with Crippen molar-refractivity contribution in [2.24, 2.45) is 0 Å². The molecule has 142 valence electrons. The number of carbonyl (C=O) groups excluding carboxylic acids is 2. The van der Waals surface area contributed by atoms with Gasteiger partial charge >= 0.3 is 0 Å². The molecule has 1 fully saturated rings. The van der Waals surface area contributed by atoms with Crippen molar-refractivity contribution in [3.63, 3.8) is 0 Å². The number of nitrogens with zero attached hydrogens (tertiary/aromatic N) is 3. The summed E-state index contributed by atoms with van der Waals surface area (Å²) in [4.78, 5) is 40.4. The summed E-state index contributed by atoms with van der Waals surface area (Å²) in [5, 5.41) is 7.18. The summed E-state index contributed by atoms with van der Waals surface area (Å²) >= 11 is 0. The number of carbonyl (C=O) groups is 2. The minimum absolute atomic E-state index is 0.0237. The summed E-state index contributed by atoms with van der Waals surface area (Å²) in [6.45, 7) is 1.18. The van der Waals surface area contributed by atoms with E-state index >= 15 is 0 Å². The molecule has 2 aromatic carbocycles. The Balaban J connectivity index is 1.51. The fourth-order valence-corrected chi connectivity index (χ4v) is 3.35. The van der Waals surface area contributed by atoms with Crippen molar-refractivity contribution in [3.8, 4) is 0 Å². The van der Waals surface area contributed by atoms with Crippen LogP contribution in [0.4, 0.5) is 4.39 Å². The molecule has 0 aliphatic carbocycles. The maximum Gasteiger partial charge on any atom is 0.275 e. The van der Waals surface area contributed by atoms with Crippen LogP contribution in [0.1, 0.15) is 20.8 Å². The van der Waals surface area contributed by atoms with E-state index in [0.29, 0.717) is 37.0 Å². The van der Waals surface area contributed by atoms with Crippen LogP contribution in [0.25, 0.3) is 10.8 Å². The Hall–Kier alpha value is -3.55. The molecular weight excluding hydrogens is 363 g/mol. The topological polar surface area (TPSA) is 86.4 Å². The normalized spacial score (nSPS) is 14.3. The van der Waals surface area contributed by atoms with E-state index in [0.717, 1.165) is 0 Å². The van der Waals surface area contributed by atoms with Gasteiger partial charge < -0.3 is 9.80 Å². The zero-order chi connectivity index (χ0) is 19.7. The molecule has 1 aliphatic heterocycles. The highest BCUT2D eigenvalue weighted by Crippen LogP contribution is 2.17. The predicted molar refractivity (Wildman–Crippen MR) is 101 cm³/mol. The van der Waals surface area contributed by atoms with Gasteiger partial charge in [-0.3, -0.25) is 14.4 Å². The van der Waals surface area contributed by atoms with Crippen LogP contribution in [0, 0.1) is 5.82 Å². The van der Waals surface area contributed by atoms with Crippen molar-refractivity contribution in [1.82, 2.24) is 20.0 Å². The van der Waals surface area contributed by atoms with E-state index in [1.54, 1.807) is 35.2 Å². The molecule has 3 aromatic rings. The molecule has 1 aromatic heterocycles. The molecule has 2 heterocycles. The Labute approximate surface area is 159 Å². The fraction of sp³-hybridized carbons (Fsp3) is 0.200. The number of hydrogen-bond donors (Lipinski definition) is 1. The van der Waals surface area contributed by atoms with E-state index in [1.807, 2.05) is 0 Å². The number of rotatable bonds is 2. The van der Waals surface area contributed by atoms with Gasteiger partial charge in [-0.25, -0.2) is 9.49 Å². The molecule has 4 rings (SSSR count). The van der Waals surface area contributed by atoms with E-state index in [1.165, 1.54) is 23.1 Å². The zero-order valence-electron chi connectivity index (χ0n) is 14.9.